The normalized spacial score (nSPS) is 11.1. The fourth-order valence-corrected chi connectivity index (χ4v) is 2.51. The summed E-state index contributed by atoms with van der Waals surface area (Å²) in [6, 6.07) is 6.44. The van der Waals surface area contributed by atoms with Crippen molar-refractivity contribution in [2.45, 2.75) is 11.8 Å². The van der Waals surface area contributed by atoms with Crippen molar-refractivity contribution < 1.29 is 13.2 Å². The zero-order valence-electron chi connectivity index (χ0n) is 10.9. The molecule has 0 heterocycles. The summed E-state index contributed by atoms with van der Waals surface area (Å²) in [5.41, 5.74) is 0.966. The highest BCUT2D eigenvalue weighted by Crippen LogP contribution is 2.14. The number of carbonyl (C=O) groups is 1. The molecule has 1 aromatic rings. The molecule has 0 fully saturated rings. The summed E-state index contributed by atoms with van der Waals surface area (Å²) < 4.78 is 25.3. The van der Waals surface area contributed by atoms with Gasteiger partial charge in [-0.05, 0) is 19.1 Å². The van der Waals surface area contributed by atoms with E-state index in [9.17, 15) is 13.2 Å². The van der Waals surface area contributed by atoms with Gasteiger partial charge < -0.3 is 5.32 Å². The number of nitrogens with zero attached hydrogens (tertiary/aromatic N) is 1. The summed E-state index contributed by atoms with van der Waals surface area (Å²) in [6.07, 6.45) is 5.00. The van der Waals surface area contributed by atoms with Crippen LogP contribution in [0.1, 0.15) is 5.56 Å². The standard InChI is InChI=1S/C13H16N2O3S/c1-4-9-14-13(16)10-15(3)19(17,18)12-7-5-11(2)6-8-12/h1,5-8H,9-10H2,2-3H3,(H,14,16). The van der Waals surface area contributed by atoms with Crippen LogP contribution < -0.4 is 5.32 Å². The Kier molecular flexibility index (Phi) is 5.10. The third-order valence-electron chi connectivity index (χ3n) is 2.48. The van der Waals surface area contributed by atoms with Crippen molar-refractivity contribution in [2.24, 2.45) is 0 Å². The van der Waals surface area contributed by atoms with Gasteiger partial charge in [0, 0.05) is 7.05 Å². The molecule has 0 radical (unpaired) electrons. The van der Waals surface area contributed by atoms with Crippen LogP contribution in [0.4, 0.5) is 0 Å². The number of benzene rings is 1. The second kappa shape index (κ2) is 6.36. The fraction of sp³-hybridized carbons (Fsp3) is 0.308. The van der Waals surface area contributed by atoms with Gasteiger partial charge in [0.25, 0.3) is 0 Å². The second-order valence-electron chi connectivity index (χ2n) is 4.05. The van der Waals surface area contributed by atoms with Crippen molar-refractivity contribution in [2.75, 3.05) is 20.1 Å². The van der Waals surface area contributed by atoms with E-state index in [1.54, 1.807) is 12.1 Å². The Hall–Kier alpha value is -1.84. The Labute approximate surface area is 113 Å². The van der Waals surface area contributed by atoms with Gasteiger partial charge in [0.2, 0.25) is 15.9 Å². The topological polar surface area (TPSA) is 66.5 Å². The summed E-state index contributed by atoms with van der Waals surface area (Å²) in [7, 11) is -2.30. The average Bonchev–Trinajstić information content (AvgIpc) is 2.36. The van der Waals surface area contributed by atoms with Crippen LogP contribution >= 0.6 is 0 Å². The number of nitrogens with one attached hydrogen (secondary N) is 1. The number of amides is 1. The summed E-state index contributed by atoms with van der Waals surface area (Å²) in [5.74, 6) is 1.81. The molecule has 1 rings (SSSR count). The van der Waals surface area contributed by atoms with Gasteiger partial charge in [0.1, 0.15) is 0 Å². The maximum atomic E-state index is 12.2. The Morgan fingerprint density at radius 1 is 1.37 bits per heavy atom. The molecule has 0 saturated carbocycles. The maximum absolute atomic E-state index is 12.2. The van der Waals surface area contributed by atoms with E-state index in [-0.39, 0.29) is 18.0 Å². The molecule has 6 heteroatoms. The van der Waals surface area contributed by atoms with Crippen molar-refractivity contribution in [3.8, 4) is 12.3 Å². The average molecular weight is 280 g/mol. The molecule has 0 saturated heterocycles. The minimum Gasteiger partial charge on any atom is -0.344 e. The monoisotopic (exact) mass is 280 g/mol. The van der Waals surface area contributed by atoms with Crippen LogP contribution in [0, 0.1) is 19.3 Å². The van der Waals surface area contributed by atoms with Gasteiger partial charge in [-0.25, -0.2) is 8.42 Å². The number of hydrogen-bond donors (Lipinski definition) is 1. The van der Waals surface area contributed by atoms with E-state index < -0.39 is 15.9 Å². The van der Waals surface area contributed by atoms with Crippen LogP contribution in [-0.2, 0) is 14.8 Å². The number of rotatable bonds is 5. The molecule has 0 spiro atoms. The number of likely N-dealkylation sites (N-methyl/N-ethyl adjacent to an activating group) is 1. The van der Waals surface area contributed by atoms with Crippen molar-refractivity contribution in [3.05, 3.63) is 29.8 Å². The lowest BCUT2D eigenvalue weighted by molar-refractivity contribution is -0.120. The molecule has 0 bridgehead atoms. The van der Waals surface area contributed by atoms with E-state index in [0.29, 0.717) is 0 Å². The first kappa shape index (κ1) is 15.2. The van der Waals surface area contributed by atoms with Gasteiger partial charge >= 0.3 is 0 Å². The Balaban J connectivity index is 2.80. The molecule has 1 aromatic carbocycles. The predicted octanol–water partition coefficient (Wildman–Crippen LogP) is 0.365. The number of carbonyl (C=O) groups excluding carboxylic acids is 1. The minimum absolute atomic E-state index is 0.0806. The summed E-state index contributed by atoms with van der Waals surface area (Å²) in [6.45, 7) is 1.68. The van der Waals surface area contributed by atoms with E-state index in [4.69, 9.17) is 6.42 Å². The van der Waals surface area contributed by atoms with E-state index in [1.165, 1.54) is 19.2 Å². The molecular formula is C13H16N2O3S. The van der Waals surface area contributed by atoms with E-state index in [1.807, 2.05) is 6.92 Å². The maximum Gasteiger partial charge on any atom is 0.243 e. The number of terminal acetylenes is 1. The van der Waals surface area contributed by atoms with Gasteiger partial charge in [-0.15, -0.1) is 6.42 Å². The van der Waals surface area contributed by atoms with Gasteiger partial charge in [-0.1, -0.05) is 23.6 Å². The van der Waals surface area contributed by atoms with Crippen molar-refractivity contribution >= 4 is 15.9 Å². The van der Waals surface area contributed by atoms with E-state index in [0.717, 1.165) is 9.87 Å². The quantitative estimate of drug-likeness (QED) is 0.792. The highest BCUT2D eigenvalue weighted by atomic mass is 32.2. The molecule has 0 aromatic heterocycles. The van der Waals surface area contributed by atoms with Crippen LogP contribution in [0.5, 0.6) is 0 Å². The van der Waals surface area contributed by atoms with Crippen LogP contribution in [0.15, 0.2) is 29.2 Å². The van der Waals surface area contributed by atoms with Crippen LogP contribution in [-0.4, -0.2) is 38.8 Å². The lowest BCUT2D eigenvalue weighted by Gasteiger charge is -2.16. The first-order valence-corrected chi connectivity index (χ1v) is 7.05. The van der Waals surface area contributed by atoms with Gasteiger partial charge in [0.15, 0.2) is 0 Å². The van der Waals surface area contributed by atoms with Crippen LogP contribution in [0.2, 0.25) is 0 Å². The fourth-order valence-electron chi connectivity index (χ4n) is 1.38. The molecule has 0 unspecified atom stereocenters. The zero-order chi connectivity index (χ0) is 14.5. The van der Waals surface area contributed by atoms with Gasteiger partial charge in [-0.3, -0.25) is 4.79 Å². The smallest absolute Gasteiger partial charge is 0.243 e. The summed E-state index contributed by atoms with van der Waals surface area (Å²) in [5, 5.41) is 2.41. The lowest BCUT2D eigenvalue weighted by Crippen LogP contribution is -2.38. The number of aryl methyl sites for hydroxylation is 1. The van der Waals surface area contributed by atoms with Crippen LogP contribution in [0.3, 0.4) is 0 Å². The Morgan fingerprint density at radius 2 is 1.95 bits per heavy atom. The first-order chi connectivity index (χ1) is 8.87. The molecule has 0 aliphatic rings. The molecule has 19 heavy (non-hydrogen) atoms. The first-order valence-electron chi connectivity index (χ1n) is 5.61. The van der Waals surface area contributed by atoms with E-state index >= 15 is 0 Å². The molecule has 1 N–H and O–H groups in total. The third-order valence-corrected chi connectivity index (χ3v) is 4.30. The molecule has 1 amide bonds. The molecular weight excluding hydrogens is 264 g/mol. The SMILES string of the molecule is C#CCNC(=O)CN(C)S(=O)(=O)c1ccc(C)cc1. The van der Waals surface area contributed by atoms with Crippen molar-refractivity contribution in [1.82, 2.24) is 9.62 Å². The largest absolute Gasteiger partial charge is 0.344 e. The summed E-state index contributed by atoms with van der Waals surface area (Å²) in [4.78, 5) is 11.6. The van der Waals surface area contributed by atoms with Crippen LogP contribution in [0.25, 0.3) is 0 Å². The highest BCUT2D eigenvalue weighted by Gasteiger charge is 2.22. The van der Waals surface area contributed by atoms with Gasteiger partial charge in [0.05, 0.1) is 18.0 Å². The zero-order valence-corrected chi connectivity index (χ0v) is 11.7. The molecule has 102 valence electrons. The second-order valence-corrected chi connectivity index (χ2v) is 6.10. The number of hydrogen-bond acceptors (Lipinski definition) is 3. The molecule has 0 atom stereocenters. The molecule has 5 nitrogen and oxygen atoms in total. The predicted molar refractivity (Wildman–Crippen MR) is 72.8 cm³/mol. The van der Waals surface area contributed by atoms with E-state index in [2.05, 4.69) is 11.2 Å². The minimum atomic E-state index is -3.66. The van der Waals surface area contributed by atoms with Gasteiger partial charge in [-0.2, -0.15) is 4.31 Å². The Morgan fingerprint density at radius 3 is 2.47 bits per heavy atom. The van der Waals surface area contributed by atoms with Crippen molar-refractivity contribution in [1.29, 1.82) is 0 Å². The summed E-state index contributed by atoms with van der Waals surface area (Å²) >= 11 is 0. The highest BCUT2D eigenvalue weighted by molar-refractivity contribution is 7.89. The third kappa shape index (κ3) is 4.09. The Bertz CT molecular complexity index is 585. The van der Waals surface area contributed by atoms with Crippen molar-refractivity contribution in [3.63, 3.8) is 0 Å². The molecule has 0 aliphatic heterocycles. The lowest BCUT2D eigenvalue weighted by atomic mass is 10.2. The molecule has 0 aliphatic carbocycles. The number of sulfonamides is 1.